The third-order valence-electron chi connectivity index (χ3n) is 2.24. The van der Waals surface area contributed by atoms with E-state index in [2.05, 4.69) is 25.6 Å². The van der Waals surface area contributed by atoms with E-state index in [1.165, 1.54) is 19.3 Å². The van der Waals surface area contributed by atoms with Crippen molar-refractivity contribution in [1.82, 2.24) is 20.2 Å². The van der Waals surface area contributed by atoms with Gasteiger partial charge in [0.2, 0.25) is 5.28 Å². The van der Waals surface area contributed by atoms with Crippen LogP contribution >= 0.6 is 23.2 Å². The second-order valence-corrected chi connectivity index (χ2v) is 4.08. The molecule has 0 amide bonds. The van der Waals surface area contributed by atoms with Crippen molar-refractivity contribution >= 4 is 29.0 Å². The Labute approximate surface area is 97.8 Å². The summed E-state index contributed by atoms with van der Waals surface area (Å²) in [5.74, 6) is 0.471. The molecule has 1 aromatic heterocycles. The molecule has 0 spiro atoms. The van der Waals surface area contributed by atoms with Crippen LogP contribution in [-0.4, -0.2) is 33.3 Å². The van der Waals surface area contributed by atoms with Gasteiger partial charge in [-0.25, -0.2) is 5.01 Å². The summed E-state index contributed by atoms with van der Waals surface area (Å²) >= 11 is 11.5. The summed E-state index contributed by atoms with van der Waals surface area (Å²) < 4.78 is 0. The summed E-state index contributed by atoms with van der Waals surface area (Å²) in [5, 5.41) is 9.62. The third-order valence-corrected chi connectivity index (χ3v) is 2.65. The Balaban J connectivity index is 2.05. The van der Waals surface area contributed by atoms with E-state index >= 15 is 0 Å². The molecule has 0 radical (unpaired) electrons. The van der Waals surface area contributed by atoms with Gasteiger partial charge >= 0.3 is 0 Å². The molecule has 7 heteroatoms. The summed E-state index contributed by atoms with van der Waals surface area (Å²) in [6, 6.07) is 0. The van der Waals surface area contributed by atoms with Crippen molar-refractivity contribution in [2.75, 3.05) is 18.5 Å². The van der Waals surface area contributed by atoms with Crippen molar-refractivity contribution in [3.05, 3.63) is 10.4 Å². The number of hydrogen-bond donors (Lipinski definition) is 1. The van der Waals surface area contributed by atoms with E-state index in [0.29, 0.717) is 5.82 Å². The fraction of sp³-hybridized carbons (Fsp3) is 0.625. The van der Waals surface area contributed by atoms with E-state index in [9.17, 15) is 0 Å². The molecule has 0 aliphatic carbocycles. The first-order valence-corrected chi connectivity index (χ1v) is 5.58. The lowest BCUT2D eigenvalue weighted by atomic mass is 10.2. The van der Waals surface area contributed by atoms with Crippen LogP contribution in [-0.2, 0) is 0 Å². The van der Waals surface area contributed by atoms with Crippen molar-refractivity contribution < 1.29 is 0 Å². The van der Waals surface area contributed by atoms with Crippen LogP contribution in [0.2, 0.25) is 10.4 Å². The number of piperidine rings is 1. The Kier molecular flexibility index (Phi) is 3.56. The lowest BCUT2D eigenvalue weighted by molar-refractivity contribution is 0.272. The number of rotatable bonds is 2. The molecule has 1 aliphatic rings. The molecule has 0 bridgehead atoms. The highest BCUT2D eigenvalue weighted by Gasteiger charge is 2.13. The van der Waals surface area contributed by atoms with Gasteiger partial charge in [0.05, 0.1) is 0 Å². The Morgan fingerprint density at radius 3 is 2.53 bits per heavy atom. The number of hydrogen-bond acceptors (Lipinski definition) is 5. The van der Waals surface area contributed by atoms with Crippen LogP contribution in [0.25, 0.3) is 0 Å². The lowest BCUT2D eigenvalue weighted by Gasteiger charge is -2.27. The van der Waals surface area contributed by atoms with E-state index in [4.69, 9.17) is 23.2 Å². The van der Waals surface area contributed by atoms with Gasteiger partial charge < -0.3 is 5.43 Å². The predicted molar refractivity (Wildman–Crippen MR) is 58.9 cm³/mol. The third kappa shape index (κ3) is 2.90. The Hall–Kier alpha value is -0.650. The zero-order valence-electron chi connectivity index (χ0n) is 8.08. The highest BCUT2D eigenvalue weighted by atomic mass is 35.5. The Morgan fingerprint density at radius 2 is 1.80 bits per heavy atom. The zero-order valence-corrected chi connectivity index (χ0v) is 9.59. The maximum absolute atomic E-state index is 5.83. The average molecular weight is 248 g/mol. The highest BCUT2D eigenvalue weighted by Crippen LogP contribution is 2.18. The molecule has 2 rings (SSSR count). The molecule has 0 atom stereocenters. The summed E-state index contributed by atoms with van der Waals surface area (Å²) in [5.41, 5.74) is 3.09. The number of hydrazine groups is 1. The van der Waals surface area contributed by atoms with E-state index in [1.54, 1.807) is 0 Å². The van der Waals surface area contributed by atoms with E-state index < -0.39 is 0 Å². The molecular formula is C8H11Cl2N5. The molecule has 2 heterocycles. The Morgan fingerprint density at radius 1 is 1.07 bits per heavy atom. The van der Waals surface area contributed by atoms with Crippen LogP contribution in [0, 0.1) is 0 Å². The monoisotopic (exact) mass is 247 g/mol. The molecule has 82 valence electrons. The van der Waals surface area contributed by atoms with Crippen molar-refractivity contribution in [1.29, 1.82) is 0 Å². The highest BCUT2D eigenvalue weighted by molar-refractivity contribution is 6.32. The van der Waals surface area contributed by atoms with Gasteiger partial charge in [0.25, 0.3) is 0 Å². The SMILES string of the molecule is Clc1nnc(Cl)c(NN2CCCCC2)n1. The molecule has 0 unspecified atom stereocenters. The summed E-state index contributed by atoms with van der Waals surface area (Å²) in [7, 11) is 0. The van der Waals surface area contributed by atoms with Gasteiger partial charge in [-0.1, -0.05) is 18.0 Å². The van der Waals surface area contributed by atoms with Crippen molar-refractivity contribution in [2.45, 2.75) is 19.3 Å². The fourth-order valence-electron chi connectivity index (χ4n) is 1.52. The van der Waals surface area contributed by atoms with Gasteiger partial charge in [0.15, 0.2) is 11.0 Å². The lowest BCUT2D eigenvalue weighted by Crippen LogP contribution is -2.35. The molecule has 1 saturated heterocycles. The first-order valence-electron chi connectivity index (χ1n) is 4.83. The summed E-state index contributed by atoms with van der Waals surface area (Å²) in [6.07, 6.45) is 3.63. The standard InChI is InChI=1S/C8H11Cl2N5/c9-6-7(11-8(10)13-12-6)14-15-4-2-1-3-5-15/h1-5H2,(H,11,13,14). The maximum Gasteiger partial charge on any atom is 0.245 e. The molecule has 15 heavy (non-hydrogen) atoms. The van der Waals surface area contributed by atoms with Crippen molar-refractivity contribution in [2.24, 2.45) is 0 Å². The molecule has 1 fully saturated rings. The van der Waals surface area contributed by atoms with Crippen molar-refractivity contribution in [3.8, 4) is 0 Å². The van der Waals surface area contributed by atoms with Gasteiger partial charge in [-0.2, -0.15) is 4.98 Å². The van der Waals surface area contributed by atoms with Crippen LogP contribution in [0.3, 0.4) is 0 Å². The van der Waals surface area contributed by atoms with Gasteiger partial charge in [-0.3, -0.25) is 0 Å². The fourth-order valence-corrected chi connectivity index (χ4v) is 1.76. The number of nitrogens with zero attached hydrogens (tertiary/aromatic N) is 4. The normalized spacial score (nSPS) is 17.7. The minimum Gasteiger partial charge on any atom is -0.300 e. The minimum atomic E-state index is 0.0962. The summed E-state index contributed by atoms with van der Waals surface area (Å²) in [6.45, 7) is 1.97. The average Bonchev–Trinajstić information content (AvgIpc) is 2.25. The number of aromatic nitrogens is 3. The molecular weight excluding hydrogens is 237 g/mol. The summed E-state index contributed by atoms with van der Waals surface area (Å²) in [4.78, 5) is 3.97. The zero-order chi connectivity index (χ0) is 10.7. The van der Waals surface area contributed by atoms with E-state index in [-0.39, 0.29) is 10.4 Å². The topological polar surface area (TPSA) is 53.9 Å². The van der Waals surface area contributed by atoms with Gasteiger partial charge in [-0.05, 0) is 24.4 Å². The van der Waals surface area contributed by atoms with Gasteiger partial charge in [0.1, 0.15) is 0 Å². The first-order chi connectivity index (χ1) is 7.25. The molecule has 1 aliphatic heterocycles. The Bertz CT molecular complexity index is 340. The van der Waals surface area contributed by atoms with Crippen molar-refractivity contribution in [3.63, 3.8) is 0 Å². The number of nitrogens with one attached hydrogen (secondary N) is 1. The van der Waals surface area contributed by atoms with Crippen LogP contribution in [0.1, 0.15) is 19.3 Å². The minimum absolute atomic E-state index is 0.0962. The predicted octanol–water partition coefficient (Wildman–Crippen LogP) is 1.99. The maximum atomic E-state index is 5.83. The second-order valence-electron chi connectivity index (χ2n) is 3.38. The second kappa shape index (κ2) is 4.92. The first kappa shape index (κ1) is 10.9. The molecule has 5 nitrogen and oxygen atoms in total. The van der Waals surface area contributed by atoms with E-state index in [0.717, 1.165) is 13.1 Å². The van der Waals surface area contributed by atoms with E-state index in [1.807, 2.05) is 0 Å². The van der Waals surface area contributed by atoms with Crippen LogP contribution in [0.15, 0.2) is 0 Å². The number of anilines is 1. The molecule has 0 saturated carbocycles. The molecule has 1 N–H and O–H groups in total. The smallest absolute Gasteiger partial charge is 0.245 e. The van der Waals surface area contributed by atoms with Gasteiger partial charge in [0, 0.05) is 13.1 Å². The number of halogens is 2. The van der Waals surface area contributed by atoms with Crippen LogP contribution < -0.4 is 5.43 Å². The molecule has 1 aromatic rings. The van der Waals surface area contributed by atoms with Gasteiger partial charge in [-0.15, -0.1) is 10.2 Å². The van der Waals surface area contributed by atoms with Crippen LogP contribution in [0.5, 0.6) is 0 Å². The van der Waals surface area contributed by atoms with Crippen LogP contribution in [0.4, 0.5) is 5.82 Å². The largest absolute Gasteiger partial charge is 0.300 e. The quantitative estimate of drug-likeness (QED) is 0.867. The molecule has 0 aromatic carbocycles.